The van der Waals surface area contributed by atoms with E-state index in [0.29, 0.717) is 36.0 Å². The SMILES string of the molecule is Cc1oc(C2CCN(C(=O)Cc3ccccc3F)CC2)nc1C(=O)N1CCCCC1. The van der Waals surface area contributed by atoms with E-state index in [4.69, 9.17) is 4.42 Å². The molecule has 2 amide bonds. The molecule has 0 radical (unpaired) electrons. The molecule has 0 N–H and O–H groups in total. The van der Waals surface area contributed by atoms with Gasteiger partial charge >= 0.3 is 0 Å². The number of aromatic nitrogens is 1. The lowest BCUT2D eigenvalue weighted by Gasteiger charge is -2.30. The molecule has 0 bridgehead atoms. The maximum Gasteiger partial charge on any atom is 0.276 e. The highest BCUT2D eigenvalue weighted by Crippen LogP contribution is 2.30. The summed E-state index contributed by atoms with van der Waals surface area (Å²) >= 11 is 0. The van der Waals surface area contributed by atoms with Gasteiger partial charge in [-0.1, -0.05) is 18.2 Å². The number of aryl methyl sites for hydroxylation is 1. The molecule has 160 valence electrons. The second-order valence-corrected chi connectivity index (χ2v) is 8.23. The van der Waals surface area contributed by atoms with Crippen molar-refractivity contribution in [2.75, 3.05) is 26.2 Å². The maximum absolute atomic E-state index is 13.8. The lowest BCUT2D eigenvalue weighted by atomic mass is 9.96. The Hall–Kier alpha value is -2.70. The number of amides is 2. The van der Waals surface area contributed by atoms with Crippen LogP contribution in [0.3, 0.4) is 0 Å². The Kier molecular flexibility index (Phi) is 6.16. The van der Waals surface area contributed by atoms with E-state index in [1.54, 1.807) is 30.0 Å². The van der Waals surface area contributed by atoms with Crippen LogP contribution in [0.15, 0.2) is 28.7 Å². The van der Waals surface area contributed by atoms with Gasteiger partial charge in [0.2, 0.25) is 5.91 Å². The van der Waals surface area contributed by atoms with Crippen molar-refractivity contribution >= 4 is 11.8 Å². The van der Waals surface area contributed by atoms with Gasteiger partial charge in [-0.2, -0.15) is 0 Å². The Bertz CT molecular complexity index is 912. The van der Waals surface area contributed by atoms with Crippen molar-refractivity contribution in [2.24, 2.45) is 0 Å². The molecule has 30 heavy (non-hydrogen) atoms. The van der Waals surface area contributed by atoms with Gasteiger partial charge in [-0.05, 0) is 50.7 Å². The molecule has 3 heterocycles. The van der Waals surface area contributed by atoms with E-state index in [1.165, 1.54) is 12.5 Å². The monoisotopic (exact) mass is 413 g/mol. The van der Waals surface area contributed by atoms with Crippen LogP contribution in [0.2, 0.25) is 0 Å². The molecule has 2 aromatic rings. The molecule has 0 saturated carbocycles. The second kappa shape index (κ2) is 8.98. The van der Waals surface area contributed by atoms with Crippen molar-refractivity contribution in [1.29, 1.82) is 0 Å². The van der Waals surface area contributed by atoms with E-state index in [1.807, 2.05) is 4.90 Å². The van der Waals surface area contributed by atoms with Crippen LogP contribution in [0.25, 0.3) is 0 Å². The molecule has 4 rings (SSSR count). The third-order valence-corrected chi connectivity index (χ3v) is 6.16. The summed E-state index contributed by atoms with van der Waals surface area (Å²) in [7, 11) is 0. The first-order valence-electron chi connectivity index (χ1n) is 10.8. The summed E-state index contributed by atoms with van der Waals surface area (Å²) in [4.78, 5) is 33.5. The van der Waals surface area contributed by atoms with Gasteiger partial charge in [0.05, 0.1) is 6.42 Å². The number of benzene rings is 1. The standard InChI is InChI=1S/C23H28FN3O3/c1-16-21(23(29)27-11-5-2-6-12-27)25-22(30-16)17-9-13-26(14-10-17)20(28)15-18-7-3-4-8-19(18)24/h3-4,7-8,17H,2,5-6,9-15H2,1H3. The number of nitrogens with zero attached hydrogens (tertiary/aromatic N) is 3. The van der Waals surface area contributed by atoms with E-state index in [2.05, 4.69) is 4.98 Å². The number of halogens is 1. The molecule has 1 aromatic heterocycles. The van der Waals surface area contributed by atoms with Gasteiger partial charge in [-0.15, -0.1) is 0 Å². The molecule has 6 nitrogen and oxygen atoms in total. The summed E-state index contributed by atoms with van der Waals surface area (Å²) in [6.45, 7) is 4.51. The number of piperidine rings is 2. The van der Waals surface area contributed by atoms with Crippen LogP contribution < -0.4 is 0 Å². The first-order chi connectivity index (χ1) is 14.5. The predicted molar refractivity (Wildman–Crippen MR) is 110 cm³/mol. The molecule has 0 aliphatic carbocycles. The van der Waals surface area contributed by atoms with Crippen LogP contribution in [0.4, 0.5) is 4.39 Å². The van der Waals surface area contributed by atoms with Crippen molar-refractivity contribution in [2.45, 2.75) is 51.4 Å². The Balaban J connectivity index is 1.35. The summed E-state index contributed by atoms with van der Waals surface area (Å²) in [5.74, 6) is 0.793. The minimum absolute atomic E-state index is 0.0419. The zero-order valence-corrected chi connectivity index (χ0v) is 17.4. The number of likely N-dealkylation sites (tertiary alicyclic amines) is 2. The average Bonchev–Trinajstić information content (AvgIpc) is 3.17. The van der Waals surface area contributed by atoms with Crippen molar-refractivity contribution in [3.8, 4) is 0 Å². The minimum Gasteiger partial charge on any atom is -0.445 e. The molecule has 0 unspecified atom stereocenters. The molecule has 0 spiro atoms. The van der Waals surface area contributed by atoms with Gasteiger partial charge in [0.15, 0.2) is 11.6 Å². The summed E-state index contributed by atoms with van der Waals surface area (Å²) in [6, 6.07) is 6.39. The Morgan fingerprint density at radius 3 is 2.47 bits per heavy atom. The average molecular weight is 413 g/mol. The highest BCUT2D eigenvalue weighted by atomic mass is 19.1. The van der Waals surface area contributed by atoms with Gasteiger partial charge in [0.25, 0.3) is 5.91 Å². The van der Waals surface area contributed by atoms with E-state index in [0.717, 1.165) is 38.8 Å². The predicted octanol–water partition coefficient (Wildman–Crippen LogP) is 3.70. The Labute approximate surface area is 176 Å². The molecular weight excluding hydrogens is 385 g/mol. The van der Waals surface area contributed by atoms with Gasteiger partial charge < -0.3 is 14.2 Å². The number of oxazole rings is 1. The molecular formula is C23H28FN3O3. The highest BCUT2D eigenvalue weighted by Gasteiger charge is 2.30. The highest BCUT2D eigenvalue weighted by molar-refractivity contribution is 5.93. The molecule has 7 heteroatoms. The van der Waals surface area contributed by atoms with E-state index < -0.39 is 0 Å². The first-order valence-corrected chi connectivity index (χ1v) is 10.8. The number of hydrogen-bond acceptors (Lipinski definition) is 4. The summed E-state index contributed by atoms with van der Waals surface area (Å²) in [5.41, 5.74) is 0.846. The number of hydrogen-bond donors (Lipinski definition) is 0. The largest absolute Gasteiger partial charge is 0.445 e. The summed E-state index contributed by atoms with van der Waals surface area (Å²) in [5, 5.41) is 0. The van der Waals surface area contributed by atoms with Crippen LogP contribution in [0.5, 0.6) is 0 Å². The fraction of sp³-hybridized carbons (Fsp3) is 0.522. The van der Waals surface area contributed by atoms with Crippen LogP contribution >= 0.6 is 0 Å². The lowest BCUT2D eigenvalue weighted by molar-refractivity contribution is -0.131. The molecule has 2 fully saturated rings. The molecule has 0 atom stereocenters. The number of carbonyl (C=O) groups is 2. The molecule has 2 aliphatic heterocycles. The topological polar surface area (TPSA) is 66.7 Å². The van der Waals surface area contributed by atoms with Gasteiger partial charge in [-0.3, -0.25) is 9.59 Å². The van der Waals surface area contributed by atoms with Crippen molar-refractivity contribution in [1.82, 2.24) is 14.8 Å². The third-order valence-electron chi connectivity index (χ3n) is 6.16. The van der Waals surface area contributed by atoms with Crippen molar-refractivity contribution in [3.05, 3.63) is 53.0 Å². The van der Waals surface area contributed by atoms with Gasteiger partial charge in [0, 0.05) is 32.1 Å². The fourth-order valence-electron chi connectivity index (χ4n) is 4.33. The lowest BCUT2D eigenvalue weighted by Crippen LogP contribution is -2.39. The third kappa shape index (κ3) is 4.40. The van der Waals surface area contributed by atoms with E-state index >= 15 is 0 Å². The smallest absolute Gasteiger partial charge is 0.276 e. The number of rotatable bonds is 4. The van der Waals surface area contributed by atoms with Crippen molar-refractivity contribution < 1.29 is 18.4 Å². The molecule has 2 aliphatic rings. The van der Waals surface area contributed by atoms with Crippen LogP contribution in [-0.2, 0) is 11.2 Å². The maximum atomic E-state index is 13.8. The van der Waals surface area contributed by atoms with Gasteiger partial charge in [-0.25, -0.2) is 9.37 Å². The van der Waals surface area contributed by atoms with E-state index in [-0.39, 0.29) is 30.0 Å². The van der Waals surface area contributed by atoms with E-state index in [9.17, 15) is 14.0 Å². The normalized spacial score (nSPS) is 17.9. The zero-order chi connectivity index (χ0) is 21.1. The van der Waals surface area contributed by atoms with Crippen LogP contribution in [-0.4, -0.2) is 52.8 Å². The first kappa shape index (κ1) is 20.6. The fourth-order valence-corrected chi connectivity index (χ4v) is 4.33. The van der Waals surface area contributed by atoms with Gasteiger partial charge in [0.1, 0.15) is 11.6 Å². The number of carbonyl (C=O) groups excluding carboxylic acids is 2. The Morgan fingerprint density at radius 2 is 1.77 bits per heavy atom. The van der Waals surface area contributed by atoms with Crippen LogP contribution in [0.1, 0.15) is 65.7 Å². The Morgan fingerprint density at radius 1 is 1.07 bits per heavy atom. The molecule has 1 aromatic carbocycles. The summed E-state index contributed by atoms with van der Waals surface area (Å²) in [6.07, 6.45) is 4.76. The zero-order valence-electron chi connectivity index (χ0n) is 17.4. The minimum atomic E-state index is -0.345. The second-order valence-electron chi connectivity index (χ2n) is 8.23. The molecule has 2 saturated heterocycles. The van der Waals surface area contributed by atoms with Crippen LogP contribution in [0, 0.1) is 12.7 Å². The summed E-state index contributed by atoms with van der Waals surface area (Å²) < 4.78 is 19.7. The van der Waals surface area contributed by atoms with Crippen molar-refractivity contribution in [3.63, 3.8) is 0 Å². The quantitative estimate of drug-likeness (QED) is 0.767.